The summed E-state index contributed by atoms with van der Waals surface area (Å²) in [5, 5.41) is 9.71. The first-order valence-corrected chi connectivity index (χ1v) is 12.7. The van der Waals surface area contributed by atoms with Gasteiger partial charge in [-0.1, -0.05) is 32.4 Å². The molecule has 7 heteroatoms. The van der Waals surface area contributed by atoms with Crippen molar-refractivity contribution in [1.29, 1.82) is 5.26 Å². The molecule has 0 aliphatic carbocycles. The predicted octanol–water partition coefficient (Wildman–Crippen LogP) is 4.92. The summed E-state index contributed by atoms with van der Waals surface area (Å²) >= 11 is 6.29. The van der Waals surface area contributed by atoms with E-state index >= 15 is 0 Å². The molecule has 1 aromatic carbocycles. The van der Waals surface area contributed by atoms with Crippen LogP contribution in [-0.4, -0.2) is 44.5 Å². The molecule has 5 nitrogen and oxygen atoms in total. The van der Waals surface area contributed by atoms with Crippen molar-refractivity contribution >= 4 is 31.6 Å². The number of urea groups is 1. The Balaban J connectivity index is 1.74. The van der Waals surface area contributed by atoms with Gasteiger partial charge in [-0.2, -0.15) is 5.26 Å². The van der Waals surface area contributed by atoms with Crippen molar-refractivity contribution in [2.24, 2.45) is 0 Å². The number of halogens is 1. The molecule has 0 unspecified atom stereocenters. The Kier molecular flexibility index (Phi) is 5.09. The van der Waals surface area contributed by atoms with Crippen molar-refractivity contribution in [3.05, 3.63) is 28.3 Å². The monoisotopic (exact) mass is 405 g/mol. The Labute approximate surface area is 168 Å². The summed E-state index contributed by atoms with van der Waals surface area (Å²) in [6.07, 6.45) is 0.991. The average molecular weight is 406 g/mol. The third-order valence-electron chi connectivity index (χ3n) is 6.28. The van der Waals surface area contributed by atoms with Crippen molar-refractivity contribution in [3.63, 3.8) is 0 Å². The minimum absolute atomic E-state index is 0.00482. The van der Waals surface area contributed by atoms with Crippen LogP contribution in [-0.2, 0) is 4.43 Å². The second-order valence-electron chi connectivity index (χ2n) is 9.12. The van der Waals surface area contributed by atoms with Gasteiger partial charge in [-0.3, -0.25) is 4.90 Å². The number of hydrogen-bond donors (Lipinski definition) is 0. The van der Waals surface area contributed by atoms with Crippen molar-refractivity contribution in [2.45, 2.75) is 64.4 Å². The third-order valence-corrected chi connectivity index (χ3v) is 11.3. The van der Waals surface area contributed by atoms with Crippen LogP contribution in [0.3, 0.4) is 0 Å². The van der Waals surface area contributed by atoms with Crippen molar-refractivity contribution in [3.8, 4) is 6.07 Å². The van der Waals surface area contributed by atoms with Gasteiger partial charge in [0, 0.05) is 18.8 Å². The summed E-state index contributed by atoms with van der Waals surface area (Å²) < 4.78 is 6.53. The SMILES string of the molecule is Cc1c(N2C[C@@H]3C[C@@H](O[Si](C)(C)C(C)(C)C)CN3C2=O)ccc(C#N)c1Cl. The van der Waals surface area contributed by atoms with Crippen LogP contribution in [0.25, 0.3) is 0 Å². The molecule has 0 saturated carbocycles. The lowest BCUT2D eigenvalue weighted by atomic mass is 10.1. The van der Waals surface area contributed by atoms with Gasteiger partial charge in [0.1, 0.15) is 6.07 Å². The fraction of sp³-hybridized carbons (Fsp3) is 0.600. The van der Waals surface area contributed by atoms with Crippen LogP contribution in [0.4, 0.5) is 10.5 Å². The lowest BCUT2D eigenvalue weighted by molar-refractivity contribution is 0.180. The first kappa shape index (κ1) is 20.2. The summed E-state index contributed by atoms with van der Waals surface area (Å²) in [5.41, 5.74) is 2.01. The van der Waals surface area contributed by atoms with E-state index < -0.39 is 8.32 Å². The number of fused-ring (bicyclic) bond motifs is 1. The van der Waals surface area contributed by atoms with Crippen molar-refractivity contribution < 1.29 is 9.22 Å². The molecule has 2 heterocycles. The van der Waals surface area contributed by atoms with Gasteiger partial charge in [0.25, 0.3) is 0 Å². The Morgan fingerprint density at radius 2 is 1.96 bits per heavy atom. The molecule has 2 amide bonds. The highest BCUT2D eigenvalue weighted by Gasteiger charge is 2.48. The highest BCUT2D eigenvalue weighted by Crippen LogP contribution is 2.41. The number of amides is 2. The number of nitriles is 1. The third kappa shape index (κ3) is 3.49. The number of anilines is 1. The van der Waals surface area contributed by atoms with Gasteiger partial charge in [-0.05, 0) is 49.2 Å². The molecule has 2 aliphatic heterocycles. The maximum atomic E-state index is 13.0. The molecule has 0 aromatic heterocycles. The average Bonchev–Trinajstić information content (AvgIpc) is 3.07. The van der Waals surface area contributed by atoms with Crippen LogP contribution < -0.4 is 4.90 Å². The summed E-state index contributed by atoms with van der Waals surface area (Å²) in [7, 11) is -1.85. The second-order valence-corrected chi connectivity index (χ2v) is 14.3. The first-order valence-electron chi connectivity index (χ1n) is 9.41. The molecule has 0 radical (unpaired) electrons. The molecule has 2 aliphatic rings. The molecular formula is C20H28ClN3O2Si. The minimum atomic E-state index is -1.85. The van der Waals surface area contributed by atoms with Crippen LogP contribution in [0.5, 0.6) is 0 Å². The van der Waals surface area contributed by atoms with Crippen LogP contribution in [0, 0.1) is 18.3 Å². The number of rotatable bonds is 3. The molecule has 3 rings (SSSR count). The maximum absolute atomic E-state index is 13.0. The van der Waals surface area contributed by atoms with Gasteiger partial charge >= 0.3 is 6.03 Å². The number of carbonyl (C=O) groups is 1. The Hall–Kier alpha value is -1.55. The van der Waals surface area contributed by atoms with E-state index in [1.54, 1.807) is 11.0 Å². The Morgan fingerprint density at radius 1 is 1.30 bits per heavy atom. The molecule has 2 fully saturated rings. The molecule has 2 atom stereocenters. The lowest BCUT2D eigenvalue weighted by Crippen LogP contribution is -2.45. The smallest absolute Gasteiger partial charge is 0.324 e. The van der Waals surface area contributed by atoms with E-state index in [2.05, 4.69) is 39.9 Å². The number of nitrogens with zero attached hydrogens (tertiary/aromatic N) is 3. The number of hydrogen-bond acceptors (Lipinski definition) is 3. The fourth-order valence-electron chi connectivity index (χ4n) is 3.66. The van der Waals surface area contributed by atoms with Crippen LogP contribution in [0.1, 0.15) is 38.3 Å². The molecule has 0 bridgehead atoms. The zero-order chi connectivity index (χ0) is 20.1. The highest BCUT2D eigenvalue weighted by atomic mass is 35.5. The fourth-order valence-corrected chi connectivity index (χ4v) is 5.22. The van der Waals surface area contributed by atoms with E-state index in [1.807, 2.05) is 17.9 Å². The van der Waals surface area contributed by atoms with Gasteiger partial charge in [-0.15, -0.1) is 0 Å². The zero-order valence-corrected chi connectivity index (χ0v) is 18.7. The second kappa shape index (κ2) is 6.80. The summed E-state index contributed by atoms with van der Waals surface area (Å²) in [6, 6.07) is 5.77. The summed E-state index contributed by atoms with van der Waals surface area (Å²) in [5.74, 6) is 0. The van der Waals surface area contributed by atoms with Gasteiger partial charge in [-0.25, -0.2) is 4.79 Å². The topological polar surface area (TPSA) is 56.6 Å². The zero-order valence-electron chi connectivity index (χ0n) is 17.0. The van der Waals surface area contributed by atoms with Crippen molar-refractivity contribution in [1.82, 2.24) is 4.90 Å². The molecule has 2 saturated heterocycles. The lowest BCUT2D eigenvalue weighted by Gasteiger charge is -2.38. The number of benzene rings is 1. The molecular weight excluding hydrogens is 378 g/mol. The van der Waals surface area contributed by atoms with Gasteiger partial charge in [0.15, 0.2) is 8.32 Å². The van der Waals surface area contributed by atoms with E-state index in [-0.39, 0.29) is 23.2 Å². The van der Waals surface area contributed by atoms with Gasteiger partial charge in [0.05, 0.1) is 22.7 Å². The molecule has 27 heavy (non-hydrogen) atoms. The molecule has 0 N–H and O–H groups in total. The van der Waals surface area contributed by atoms with Gasteiger partial charge < -0.3 is 9.33 Å². The summed E-state index contributed by atoms with van der Waals surface area (Å²) in [6.45, 7) is 14.4. The largest absolute Gasteiger partial charge is 0.412 e. The standard InChI is InChI=1S/C20H28ClN3O2Si/c1-13-17(8-7-14(10-22)18(13)21)24-11-15-9-16(12-23(15)19(24)25)26-27(5,6)20(2,3)4/h7-8,15-16H,9,11-12H2,1-6H3/t15-,16+/m0/s1. The Bertz CT molecular complexity index is 813. The molecule has 146 valence electrons. The first-order chi connectivity index (χ1) is 12.5. The van der Waals surface area contributed by atoms with E-state index in [0.717, 1.165) is 17.7 Å². The van der Waals surface area contributed by atoms with Crippen LogP contribution in [0.15, 0.2) is 12.1 Å². The highest BCUT2D eigenvalue weighted by molar-refractivity contribution is 6.74. The minimum Gasteiger partial charge on any atom is -0.412 e. The maximum Gasteiger partial charge on any atom is 0.324 e. The predicted molar refractivity (Wildman–Crippen MR) is 111 cm³/mol. The quantitative estimate of drug-likeness (QED) is 0.670. The van der Waals surface area contributed by atoms with E-state index in [4.69, 9.17) is 21.3 Å². The molecule has 0 spiro atoms. The Morgan fingerprint density at radius 3 is 2.52 bits per heavy atom. The van der Waals surface area contributed by atoms with Crippen LogP contribution >= 0.6 is 11.6 Å². The normalized spacial score (nSPS) is 23.0. The van der Waals surface area contributed by atoms with Crippen molar-refractivity contribution in [2.75, 3.05) is 18.0 Å². The van der Waals surface area contributed by atoms with Gasteiger partial charge in [0.2, 0.25) is 0 Å². The van der Waals surface area contributed by atoms with E-state index in [1.165, 1.54) is 0 Å². The number of carbonyl (C=O) groups excluding carboxylic acids is 1. The summed E-state index contributed by atoms with van der Waals surface area (Å²) in [4.78, 5) is 16.7. The van der Waals surface area contributed by atoms with E-state index in [9.17, 15) is 4.79 Å². The van der Waals surface area contributed by atoms with E-state index in [0.29, 0.717) is 23.7 Å². The molecule has 1 aromatic rings. The van der Waals surface area contributed by atoms with Crippen LogP contribution in [0.2, 0.25) is 23.2 Å².